The molecule has 0 spiro atoms. The highest BCUT2D eigenvalue weighted by molar-refractivity contribution is 5.29. The maximum atomic E-state index is 9.68. The van der Waals surface area contributed by atoms with E-state index in [4.69, 9.17) is 10.8 Å². The first-order chi connectivity index (χ1) is 6.15. The van der Waals surface area contributed by atoms with Gasteiger partial charge in [-0.05, 0) is 24.1 Å². The van der Waals surface area contributed by atoms with Crippen LogP contribution in [0.2, 0.25) is 0 Å². The predicted molar refractivity (Wildman–Crippen MR) is 51.3 cm³/mol. The molecule has 3 heteroatoms. The second kappa shape index (κ2) is 4.25. The van der Waals surface area contributed by atoms with Gasteiger partial charge in [-0.2, -0.15) is 0 Å². The third-order valence-corrected chi connectivity index (χ3v) is 2.09. The van der Waals surface area contributed by atoms with Crippen molar-refractivity contribution in [1.29, 1.82) is 0 Å². The molecule has 0 aliphatic carbocycles. The van der Waals surface area contributed by atoms with Crippen molar-refractivity contribution in [3.05, 3.63) is 29.8 Å². The lowest BCUT2D eigenvalue weighted by molar-refractivity contribution is 0.144. The van der Waals surface area contributed by atoms with Gasteiger partial charge in [0, 0.05) is 6.04 Å². The topological polar surface area (TPSA) is 66.5 Å². The Kier molecular flexibility index (Phi) is 3.28. The van der Waals surface area contributed by atoms with Gasteiger partial charge in [0.1, 0.15) is 5.75 Å². The average Bonchev–Trinajstić information content (AvgIpc) is 2.15. The van der Waals surface area contributed by atoms with Crippen molar-refractivity contribution < 1.29 is 10.2 Å². The van der Waals surface area contributed by atoms with Crippen LogP contribution >= 0.6 is 0 Å². The molecule has 0 aliphatic rings. The standard InChI is InChI=1S/C10H15NO2/c1-2-9(11)10(13)7-4-3-5-8(12)6-7/h3-6,9-10,12-13H,2,11H2,1H3/t9-,10-/m1/s1. The van der Waals surface area contributed by atoms with Crippen LogP contribution in [0.15, 0.2) is 24.3 Å². The first-order valence-corrected chi connectivity index (χ1v) is 4.37. The molecule has 13 heavy (non-hydrogen) atoms. The van der Waals surface area contributed by atoms with Crippen LogP contribution in [0.1, 0.15) is 25.0 Å². The summed E-state index contributed by atoms with van der Waals surface area (Å²) in [6.07, 6.45) is 0.00805. The van der Waals surface area contributed by atoms with Crippen LogP contribution in [-0.4, -0.2) is 16.3 Å². The SMILES string of the molecule is CC[C@@H](N)[C@H](O)c1cccc(O)c1. The summed E-state index contributed by atoms with van der Waals surface area (Å²) in [7, 11) is 0. The fourth-order valence-corrected chi connectivity index (χ4v) is 1.18. The van der Waals surface area contributed by atoms with Crippen LogP contribution in [-0.2, 0) is 0 Å². The Labute approximate surface area is 77.8 Å². The quantitative estimate of drug-likeness (QED) is 0.655. The van der Waals surface area contributed by atoms with Gasteiger partial charge in [-0.3, -0.25) is 0 Å². The Morgan fingerprint density at radius 2 is 2.15 bits per heavy atom. The molecule has 0 saturated carbocycles. The number of nitrogens with two attached hydrogens (primary N) is 1. The van der Waals surface area contributed by atoms with Gasteiger partial charge in [-0.1, -0.05) is 19.1 Å². The van der Waals surface area contributed by atoms with Gasteiger partial charge in [0.25, 0.3) is 0 Å². The molecule has 0 amide bonds. The molecular formula is C10H15NO2. The molecule has 1 aromatic carbocycles. The van der Waals surface area contributed by atoms with Crippen LogP contribution < -0.4 is 5.73 Å². The summed E-state index contributed by atoms with van der Waals surface area (Å²) in [5.41, 5.74) is 6.33. The number of rotatable bonds is 3. The Balaban J connectivity index is 2.82. The van der Waals surface area contributed by atoms with Gasteiger partial charge in [-0.25, -0.2) is 0 Å². The first-order valence-electron chi connectivity index (χ1n) is 4.37. The molecule has 0 unspecified atom stereocenters. The second-order valence-corrected chi connectivity index (χ2v) is 3.11. The van der Waals surface area contributed by atoms with Gasteiger partial charge in [0.2, 0.25) is 0 Å². The summed E-state index contributed by atoms with van der Waals surface area (Å²) in [5, 5.41) is 18.8. The zero-order chi connectivity index (χ0) is 9.84. The molecule has 1 aromatic rings. The monoisotopic (exact) mass is 181 g/mol. The summed E-state index contributed by atoms with van der Waals surface area (Å²) < 4.78 is 0. The summed E-state index contributed by atoms with van der Waals surface area (Å²) in [4.78, 5) is 0. The summed E-state index contributed by atoms with van der Waals surface area (Å²) in [6.45, 7) is 1.91. The van der Waals surface area contributed by atoms with Crippen LogP contribution in [0.4, 0.5) is 0 Å². The number of benzene rings is 1. The maximum Gasteiger partial charge on any atom is 0.115 e. The van der Waals surface area contributed by atoms with Gasteiger partial charge < -0.3 is 15.9 Å². The molecule has 2 atom stereocenters. The molecule has 0 aromatic heterocycles. The van der Waals surface area contributed by atoms with Gasteiger partial charge in [0.15, 0.2) is 0 Å². The van der Waals surface area contributed by atoms with Crippen molar-refractivity contribution in [2.75, 3.05) is 0 Å². The lowest BCUT2D eigenvalue weighted by Gasteiger charge is -2.17. The molecule has 72 valence electrons. The molecule has 0 bridgehead atoms. The predicted octanol–water partition coefficient (Wildman–Crippen LogP) is 1.16. The molecule has 3 nitrogen and oxygen atoms in total. The van der Waals surface area contributed by atoms with Gasteiger partial charge in [0.05, 0.1) is 6.10 Å². The number of aromatic hydroxyl groups is 1. The van der Waals surface area contributed by atoms with Crippen molar-refractivity contribution >= 4 is 0 Å². The smallest absolute Gasteiger partial charge is 0.115 e. The summed E-state index contributed by atoms with van der Waals surface area (Å²) in [5.74, 6) is 0.153. The van der Waals surface area contributed by atoms with Crippen molar-refractivity contribution in [3.63, 3.8) is 0 Å². The normalized spacial score (nSPS) is 15.3. The number of hydrogen-bond acceptors (Lipinski definition) is 3. The Morgan fingerprint density at radius 3 is 2.69 bits per heavy atom. The number of aliphatic hydroxyl groups excluding tert-OH is 1. The minimum Gasteiger partial charge on any atom is -0.508 e. The molecule has 0 heterocycles. The zero-order valence-corrected chi connectivity index (χ0v) is 7.64. The van der Waals surface area contributed by atoms with Crippen molar-refractivity contribution in [1.82, 2.24) is 0 Å². The van der Waals surface area contributed by atoms with Crippen LogP contribution in [0.3, 0.4) is 0 Å². The Morgan fingerprint density at radius 1 is 1.46 bits per heavy atom. The van der Waals surface area contributed by atoms with Crippen LogP contribution in [0.5, 0.6) is 5.75 Å². The molecular weight excluding hydrogens is 166 g/mol. The Bertz CT molecular complexity index is 275. The molecule has 4 N–H and O–H groups in total. The third-order valence-electron chi connectivity index (χ3n) is 2.09. The second-order valence-electron chi connectivity index (χ2n) is 3.11. The number of phenols is 1. The highest BCUT2D eigenvalue weighted by atomic mass is 16.3. The number of aliphatic hydroxyl groups is 1. The van der Waals surface area contributed by atoms with E-state index < -0.39 is 6.10 Å². The van der Waals surface area contributed by atoms with Crippen molar-refractivity contribution in [2.45, 2.75) is 25.5 Å². The van der Waals surface area contributed by atoms with Crippen molar-refractivity contribution in [3.8, 4) is 5.75 Å². The number of phenolic OH excluding ortho intramolecular Hbond substituents is 1. The summed E-state index contributed by atoms with van der Waals surface area (Å²) >= 11 is 0. The minimum atomic E-state index is -0.697. The highest BCUT2D eigenvalue weighted by Gasteiger charge is 2.14. The van der Waals surface area contributed by atoms with Gasteiger partial charge in [-0.15, -0.1) is 0 Å². The van der Waals surface area contributed by atoms with E-state index in [0.717, 1.165) is 0 Å². The fraction of sp³-hybridized carbons (Fsp3) is 0.400. The lowest BCUT2D eigenvalue weighted by Crippen LogP contribution is -2.27. The minimum absolute atomic E-state index is 0.153. The number of hydrogen-bond donors (Lipinski definition) is 3. The highest BCUT2D eigenvalue weighted by Crippen LogP contribution is 2.20. The molecule has 0 radical (unpaired) electrons. The molecule has 0 aliphatic heterocycles. The van der Waals surface area contributed by atoms with E-state index in [9.17, 15) is 5.11 Å². The van der Waals surface area contributed by atoms with E-state index in [2.05, 4.69) is 0 Å². The average molecular weight is 181 g/mol. The zero-order valence-electron chi connectivity index (χ0n) is 7.64. The maximum absolute atomic E-state index is 9.68. The molecule has 0 saturated heterocycles. The van der Waals surface area contributed by atoms with Crippen molar-refractivity contribution in [2.24, 2.45) is 5.73 Å². The van der Waals surface area contributed by atoms with Gasteiger partial charge >= 0.3 is 0 Å². The lowest BCUT2D eigenvalue weighted by atomic mass is 10.0. The van der Waals surface area contributed by atoms with E-state index in [1.165, 1.54) is 6.07 Å². The fourth-order valence-electron chi connectivity index (χ4n) is 1.18. The van der Waals surface area contributed by atoms with E-state index in [0.29, 0.717) is 12.0 Å². The summed E-state index contributed by atoms with van der Waals surface area (Å²) in [6, 6.07) is 6.26. The van der Waals surface area contributed by atoms with E-state index in [-0.39, 0.29) is 11.8 Å². The Hall–Kier alpha value is -1.06. The van der Waals surface area contributed by atoms with Crippen LogP contribution in [0.25, 0.3) is 0 Å². The van der Waals surface area contributed by atoms with E-state index in [1.807, 2.05) is 6.92 Å². The third kappa shape index (κ3) is 2.44. The van der Waals surface area contributed by atoms with E-state index >= 15 is 0 Å². The molecule has 0 fully saturated rings. The largest absolute Gasteiger partial charge is 0.508 e. The first kappa shape index (κ1) is 10.0. The van der Waals surface area contributed by atoms with Crippen LogP contribution in [0, 0.1) is 0 Å². The molecule has 1 rings (SSSR count). The van der Waals surface area contributed by atoms with E-state index in [1.54, 1.807) is 18.2 Å².